The Labute approximate surface area is 59.2 Å². The van der Waals surface area contributed by atoms with Crippen LogP contribution in [0, 0.1) is 5.92 Å². The average Bonchev–Trinajstić information content (AvgIpc) is 1.84. The van der Waals surface area contributed by atoms with Gasteiger partial charge in [0.05, 0.1) is 0 Å². The van der Waals surface area contributed by atoms with Gasteiger partial charge in [-0.05, 0) is 17.5 Å². The maximum absolute atomic E-state index is 12.4. The molecule has 0 aliphatic rings. The van der Waals surface area contributed by atoms with E-state index < -0.39 is 11.4 Å². The fourth-order valence-corrected chi connectivity index (χ4v) is 0.646. The van der Waals surface area contributed by atoms with Gasteiger partial charge in [0.15, 0.2) is 6.17 Å². The van der Waals surface area contributed by atoms with Gasteiger partial charge >= 0.3 is 0 Å². The lowest BCUT2D eigenvalue weighted by Gasteiger charge is -2.08. The summed E-state index contributed by atoms with van der Waals surface area (Å²) in [5.74, 6) is -0.255. The number of hydrogen-bond acceptors (Lipinski definition) is 1. The fourth-order valence-electron chi connectivity index (χ4n) is 0.431. The van der Waals surface area contributed by atoms with Gasteiger partial charge in [-0.15, -0.1) is 0 Å². The number of rotatable bonds is 3. The Morgan fingerprint density at radius 3 is 2.33 bits per heavy atom. The minimum absolute atomic E-state index is 0.255. The normalized spacial score (nSPS) is 16.9. The first kappa shape index (κ1) is 8.89. The molecule has 0 aliphatic carbocycles. The molecule has 9 heavy (non-hydrogen) atoms. The van der Waals surface area contributed by atoms with E-state index in [1.54, 1.807) is 6.92 Å². The molecule has 0 heterocycles. The van der Waals surface area contributed by atoms with Crippen molar-refractivity contribution < 1.29 is 9.18 Å². The van der Waals surface area contributed by atoms with E-state index in [1.807, 2.05) is 6.92 Å². The molecule has 0 bridgehead atoms. The van der Waals surface area contributed by atoms with E-state index in [4.69, 9.17) is 11.6 Å². The molecule has 0 amide bonds. The molecule has 2 unspecified atom stereocenters. The van der Waals surface area contributed by atoms with Gasteiger partial charge in [0, 0.05) is 0 Å². The van der Waals surface area contributed by atoms with Crippen LogP contribution in [0.1, 0.15) is 20.3 Å². The van der Waals surface area contributed by atoms with Crippen molar-refractivity contribution in [2.75, 3.05) is 0 Å². The van der Waals surface area contributed by atoms with Crippen LogP contribution in [0.25, 0.3) is 0 Å². The highest BCUT2D eigenvalue weighted by atomic mass is 35.5. The average molecular weight is 153 g/mol. The van der Waals surface area contributed by atoms with Crippen molar-refractivity contribution >= 4 is 16.8 Å². The quantitative estimate of drug-likeness (QED) is 0.567. The summed E-state index contributed by atoms with van der Waals surface area (Å²) in [6, 6.07) is 0. The van der Waals surface area contributed by atoms with Gasteiger partial charge in [0.25, 0.3) is 5.24 Å². The molecule has 0 aromatic rings. The molecule has 0 saturated carbocycles. The van der Waals surface area contributed by atoms with Crippen molar-refractivity contribution in [3.05, 3.63) is 0 Å². The van der Waals surface area contributed by atoms with E-state index in [0.717, 1.165) is 0 Å². The maximum atomic E-state index is 12.4. The third kappa shape index (κ3) is 2.80. The lowest BCUT2D eigenvalue weighted by molar-refractivity contribution is -0.117. The van der Waals surface area contributed by atoms with E-state index in [-0.39, 0.29) is 5.92 Å². The van der Waals surface area contributed by atoms with Crippen molar-refractivity contribution in [3.8, 4) is 0 Å². The summed E-state index contributed by atoms with van der Waals surface area (Å²) in [7, 11) is 0. The minimum atomic E-state index is -1.49. The zero-order valence-corrected chi connectivity index (χ0v) is 6.28. The third-order valence-corrected chi connectivity index (χ3v) is 1.57. The van der Waals surface area contributed by atoms with Crippen LogP contribution in [-0.2, 0) is 4.79 Å². The number of hydrogen-bond donors (Lipinski definition) is 0. The van der Waals surface area contributed by atoms with Crippen molar-refractivity contribution in [2.45, 2.75) is 26.4 Å². The Bertz CT molecular complexity index is 105. The van der Waals surface area contributed by atoms with Crippen LogP contribution < -0.4 is 0 Å². The Hall–Kier alpha value is -0.110. The lowest BCUT2D eigenvalue weighted by Crippen LogP contribution is -2.18. The van der Waals surface area contributed by atoms with Crippen LogP contribution in [0.15, 0.2) is 0 Å². The predicted octanol–water partition coefficient (Wildman–Crippen LogP) is 2.14. The summed E-state index contributed by atoms with van der Waals surface area (Å²) >= 11 is 4.89. The van der Waals surface area contributed by atoms with Crippen molar-refractivity contribution in [1.82, 2.24) is 0 Å². The van der Waals surface area contributed by atoms with E-state index in [0.29, 0.717) is 6.42 Å². The highest BCUT2D eigenvalue weighted by Gasteiger charge is 2.20. The van der Waals surface area contributed by atoms with Crippen molar-refractivity contribution in [1.29, 1.82) is 0 Å². The first-order valence-electron chi connectivity index (χ1n) is 2.93. The summed E-state index contributed by atoms with van der Waals surface area (Å²) < 4.78 is 12.4. The Kier molecular flexibility index (Phi) is 3.78. The molecule has 0 aromatic carbocycles. The summed E-state index contributed by atoms with van der Waals surface area (Å²) in [4.78, 5) is 10.1. The van der Waals surface area contributed by atoms with Crippen molar-refractivity contribution in [3.63, 3.8) is 0 Å². The highest BCUT2D eigenvalue weighted by molar-refractivity contribution is 6.64. The Balaban J connectivity index is 3.72. The van der Waals surface area contributed by atoms with E-state index in [2.05, 4.69) is 0 Å². The zero-order valence-electron chi connectivity index (χ0n) is 5.53. The molecule has 0 aliphatic heterocycles. The second-order valence-corrected chi connectivity index (χ2v) is 2.46. The number of carbonyl (C=O) groups excluding carboxylic acids is 1. The molecule has 2 atom stereocenters. The Morgan fingerprint density at radius 2 is 2.22 bits per heavy atom. The molecule has 0 rings (SSSR count). The molecule has 0 aromatic heterocycles. The Morgan fingerprint density at radius 1 is 1.78 bits per heavy atom. The summed E-state index contributed by atoms with van der Waals surface area (Å²) in [6.45, 7) is 3.47. The second kappa shape index (κ2) is 3.83. The zero-order chi connectivity index (χ0) is 7.44. The standard InChI is InChI=1S/C6H10ClFO/c1-3-4(2)5(8)6(7)9/h4-5H,3H2,1-2H3. The van der Waals surface area contributed by atoms with Gasteiger partial charge < -0.3 is 0 Å². The lowest BCUT2D eigenvalue weighted by atomic mass is 10.0. The van der Waals surface area contributed by atoms with E-state index in [1.165, 1.54) is 0 Å². The summed E-state index contributed by atoms with van der Waals surface area (Å²) in [5, 5.41) is -0.885. The van der Waals surface area contributed by atoms with Crippen LogP contribution in [0.3, 0.4) is 0 Å². The van der Waals surface area contributed by atoms with Gasteiger partial charge in [-0.2, -0.15) is 0 Å². The molecule has 1 nitrogen and oxygen atoms in total. The van der Waals surface area contributed by atoms with Crippen LogP contribution in [0.4, 0.5) is 4.39 Å². The molecule has 0 fully saturated rings. The van der Waals surface area contributed by atoms with E-state index in [9.17, 15) is 9.18 Å². The monoisotopic (exact) mass is 152 g/mol. The van der Waals surface area contributed by atoms with Gasteiger partial charge in [0.2, 0.25) is 0 Å². The molecule has 0 saturated heterocycles. The van der Waals surface area contributed by atoms with E-state index >= 15 is 0 Å². The van der Waals surface area contributed by atoms with Gasteiger partial charge in [0.1, 0.15) is 0 Å². The fraction of sp³-hybridized carbons (Fsp3) is 0.833. The summed E-state index contributed by atoms with van der Waals surface area (Å²) in [5.41, 5.74) is 0. The topological polar surface area (TPSA) is 17.1 Å². The van der Waals surface area contributed by atoms with Crippen LogP contribution in [-0.4, -0.2) is 11.4 Å². The summed E-state index contributed by atoms with van der Waals surface area (Å²) in [6.07, 6.45) is -0.851. The van der Waals surface area contributed by atoms with Gasteiger partial charge in [-0.1, -0.05) is 20.3 Å². The number of halogens is 2. The molecule has 3 heteroatoms. The molecule has 0 spiro atoms. The van der Waals surface area contributed by atoms with Gasteiger partial charge in [-0.3, -0.25) is 4.79 Å². The van der Waals surface area contributed by atoms with Crippen LogP contribution >= 0.6 is 11.6 Å². The minimum Gasteiger partial charge on any atom is -0.278 e. The largest absolute Gasteiger partial charge is 0.278 e. The number of carbonyl (C=O) groups is 1. The van der Waals surface area contributed by atoms with Crippen LogP contribution in [0.5, 0.6) is 0 Å². The second-order valence-electron chi connectivity index (χ2n) is 2.09. The molecule has 0 radical (unpaired) electrons. The molecule has 54 valence electrons. The highest BCUT2D eigenvalue weighted by Crippen LogP contribution is 2.13. The van der Waals surface area contributed by atoms with Crippen LogP contribution in [0.2, 0.25) is 0 Å². The number of alkyl halides is 1. The SMILES string of the molecule is CCC(C)C(F)C(=O)Cl. The van der Waals surface area contributed by atoms with Crippen molar-refractivity contribution in [2.24, 2.45) is 5.92 Å². The maximum Gasteiger partial charge on any atom is 0.256 e. The first-order chi connectivity index (χ1) is 4.09. The smallest absolute Gasteiger partial charge is 0.256 e. The third-order valence-electron chi connectivity index (χ3n) is 1.36. The molecular formula is C6H10ClFO. The molecular weight excluding hydrogens is 143 g/mol. The molecule has 0 N–H and O–H groups in total. The first-order valence-corrected chi connectivity index (χ1v) is 3.30. The predicted molar refractivity (Wildman–Crippen MR) is 35.2 cm³/mol. The van der Waals surface area contributed by atoms with Gasteiger partial charge in [-0.25, -0.2) is 4.39 Å².